The van der Waals surface area contributed by atoms with Crippen molar-refractivity contribution in [3.8, 4) is 5.75 Å². The molecule has 0 aliphatic heterocycles. The summed E-state index contributed by atoms with van der Waals surface area (Å²) >= 11 is 6.50. The third kappa shape index (κ3) is 3.76. The molecule has 3 rings (SSSR count). The number of hydrogen-bond donors (Lipinski definition) is 1. The van der Waals surface area contributed by atoms with Gasteiger partial charge in [0.25, 0.3) is 8.32 Å². The molecular formula is C21H27ClN2OSi. The highest BCUT2D eigenvalue weighted by atomic mass is 35.5. The molecule has 1 N–H and O–H groups in total. The van der Waals surface area contributed by atoms with Crippen LogP contribution in [0.1, 0.15) is 20.8 Å². The highest BCUT2D eigenvalue weighted by molar-refractivity contribution is 6.74. The minimum absolute atomic E-state index is 0.137. The van der Waals surface area contributed by atoms with Crippen LogP contribution in [0.15, 0.2) is 48.7 Å². The maximum atomic E-state index is 6.50. The number of hydrogen-bond acceptors (Lipinski definition) is 2. The molecule has 0 aliphatic carbocycles. The summed E-state index contributed by atoms with van der Waals surface area (Å²) in [6.45, 7) is 11.1. The Kier molecular flexibility index (Phi) is 4.84. The Bertz CT molecular complexity index is 941. The molecule has 3 nitrogen and oxygen atoms in total. The summed E-state index contributed by atoms with van der Waals surface area (Å²) in [6.07, 6.45) is 2.07. The number of nitrogens with one attached hydrogen (secondary N) is 1. The highest BCUT2D eigenvalue weighted by Gasteiger charge is 2.39. The van der Waals surface area contributed by atoms with Crippen molar-refractivity contribution >= 4 is 42.2 Å². The summed E-state index contributed by atoms with van der Waals surface area (Å²) in [5, 5.41) is 5.41. The molecule has 1 heterocycles. The molecule has 5 heteroatoms. The molecule has 0 bridgehead atoms. The predicted octanol–water partition coefficient (Wildman–Crippen LogP) is 6.96. The van der Waals surface area contributed by atoms with Gasteiger partial charge in [-0.1, -0.05) is 32.4 Å². The summed E-state index contributed by atoms with van der Waals surface area (Å²) in [5.41, 5.74) is 3.21. The van der Waals surface area contributed by atoms with E-state index in [0.29, 0.717) is 5.02 Å². The van der Waals surface area contributed by atoms with E-state index in [-0.39, 0.29) is 5.04 Å². The van der Waals surface area contributed by atoms with E-state index < -0.39 is 8.32 Å². The Morgan fingerprint density at radius 2 is 1.65 bits per heavy atom. The Balaban J connectivity index is 1.80. The van der Waals surface area contributed by atoms with Gasteiger partial charge in [0.1, 0.15) is 5.75 Å². The number of halogens is 1. The monoisotopic (exact) mass is 386 g/mol. The third-order valence-electron chi connectivity index (χ3n) is 5.28. The molecule has 0 saturated carbocycles. The largest absolute Gasteiger partial charge is 0.543 e. The number of nitrogens with zero attached hydrogens (tertiary/aromatic N) is 1. The SMILES string of the molecule is Cn1ccc2cc(Nc3ccc(O[Si](C)(C)C(C)(C)C)c(Cl)c3)ccc21. The molecule has 2 aromatic carbocycles. The third-order valence-corrected chi connectivity index (χ3v) is 9.92. The van der Waals surface area contributed by atoms with Crippen LogP contribution in [-0.2, 0) is 7.05 Å². The van der Waals surface area contributed by atoms with Crippen molar-refractivity contribution in [3.05, 3.63) is 53.7 Å². The van der Waals surface area contributed by atoms with Crippen molar-refractivity contribution in [2.45, 2.75) is 38.9 Å². The quantitative estimate of drug-likeness (QED) is 0.490. The molecule has 1 aromatic heterocycles. The average molecular weight is 387 g/mol. The number of rotatable bonds is 4. The number of aromatic nitrogens is 1. The van der Waals surface area contributed by atoms with Crippen LogP contribution >= 0.6 is 11.6 Å². The van der Waals surface area contributed by atoms with Gasteiger partial charge in [0.15, 0.2) is 0 Å². The molecule has 0 unspecified atom stereocenters. The van der Waals surface area contributed by atoms with E-state index in [0.717, 1.165) is 17.1 Å². The molecule has 3 aromatic rings. The molecule has 0 fully saturated rings. The molecule has 0 aliphatic rings. The van der Waals surface area contributed by atoms with Crippen molar-refractivity contribution in [1.29, 1.82) is 0 Å². The standard InChI is InChI=1S/C21H27ClN2OSi/c1-21(2,3)26(5,6)25-20-10-8-17(14-18(20)22)23-16-7-9-19-15(13-16)11-12-24(19)4/h7-14,23H,1-6H3. The van der Waals surface area contributed by atoms with Gasteiger partial charge < -0.3 is 14.3 Å². The van der Waals surface area contributed by atoms with Crippen molar-refractivity contribution in [2.75, 3.05) is 5.32 Å². The number of benzene rings is 2. The van der Waals surface area contributed by atoms with E-state index in [1.165, 1.54) is 10.9 Å². The van der Waals surface area contributed by atoms with E-state index in [4.69, 9.17) is 16.0 Å². The molecule has 0 atom stereocenters. The molecule has 0 spiro atoms. The maximum absolute atomic E-state index is 6.50. The first-order chi connectivity index (χ1) is 12.1. The summed E-state index contributed by atoms with van der Waals surface area (Å²) in [4.78, 5) is 0. The van der Waals surface area contributed by atoms with Gasteiger partial charge in [0, 0.05) is 35.5 Å². The van der Waals surface area contributed by atoms with Gasteiger partial charge in [0.05, 0.1) is 5.02 Å². The van der Waals surface area contributed by atoms with Crippen molar-refractivity contribution < 1.29 is 4.43 Å². The van der Waals surface area contributed by atoms with Crippen LogP contribution in [0.4, 0.5) is 11.4 Å². The molecular weight excluding hydrogens is 360 g/mol. The van der Waals surface area contributed by atoms with Gasteiger partial charge >= 0.3 is 0 Å². The normalized spacial score (nSPS) is 12.4. The zero-order chi connectivity index (χ0) is 19.1. The second-order valence-corrected chi connectivity index (χ2v) is 13.5. The lowest BCUT2D eigenvalue weighted by Gasteiger charge is -2.36. The Morgan fingerprint density at radius 3 is 2.31 bits per heavy atom. The van der Waals surface area contributed by atoms with E-state index in [9.17, 15) is 0 Å². The van der Waals surface area contributed by atoms with Crippen LogP contribution < -0.4 is 9.74 Å². The van der Waals surface area contributed by atoms with E-state index >= 15 is 0 Å². The Morgan fingerprint density at radius 1 is 1.00 bits per heavy atom. The van der Waals surface area contributed by atoms with E-state index in [2.05, 4.69) is 81.3 Å². The smallest absolute Gasteiger partial charge is 0.250 e. The van der Waals surface area contributed by atoms with Gasteiger partial charge in [0.2, 0.25) is 0 Å². The number of aryl methyl sites for hydroxylation is 1. The average Bonchev–Trinajstić information content (AvgIpc) is 2.90. The minimum Gasteiger partial charge on any atom is -0.543 e. The van der Waals surface area contributed by atoms with Crippen LogP contribution in [0, 0.1) is 0 Å². The number of fused-ring (bicyclic) bond motifs is 1. The van der Waals surface area contributed by atoms with E-state index in [1.54, 1.807) is 0 Å². The van der Waals surface area contributed by atoms with Crippen molar-refractivity contribution in [3.63, 3.8) is 0 Å². The van der Waals surface area contributed by atoms with Crippen molar-refractivity contribution in [2.24, 2.45) is 7.05 Å². The van der Waals surface area contributed by atoms with Gasteiger partial charge in [-0.3, -0.25) is 0 Å². The molecule has 0 amide bonds. The minimum atomic E-state index is -1.90. The van der Waals surface area contributed by atoms with Gasteiger partial charge in [-0.2, -0.15) is 0 Å². The van der Waals surface area contributed by atoms with Crippen LogP contribution in [0.3, 0.4) is 0 Å². The predicted molar refractivity (Wildman–Crippen MR) is 115 cm³/mol. The highest BCUT2D eigenvalue weighted by Crippen LogP contribution is 2.40. The zero-order valence-electron chi connectivity index (χ0n) is 16.4. The second-order valence-electron chi connectivity index (χ2n) is 8.33. The fraction of sp³-hybridized carbons (Fsp3) is 0.333. The molecule has 0 saturated heterocycles. The van der Waals surface area contributed by atoms with E-state index in [1.807, 2.05) is 18.2 Å². The van der Waals surface area contributed by atoms with Crippen LogP contribution in [0.25, 0.3) is 10.9 Å². The fourth-order valence-corrected chi connectivity index (χ4v) is 3.93. The van der Waals surface area contributed by atoms with Gasteiger partial charge in [-0.05, 0) is 60.6 Å². The topological polar surface area (TPSA) is 26.2 Å². The molecule has 26 heavy (non-hydrogen) atoms. The second kappa shape index (κ2) is 6.67. The van der Waals surface area contributed by atoms with Crippen LogP contribution in [0.2, 0.25) is 23.2 Å². The van der Waals surface area contributed by atoms with Crippen LogP contribution in [0.5, 0.6) is 5.75 Å². The Labute approximate surface area is 162 Å². The van der Waals surface area contributed by atoms with Crippen LogP contribution in [-0.4, -0.2) is 12.9 Å². The first kappa shape index (κ1) is 18.9. The maximum Gasteiger partial charge on any atom is 0.250 e. The summed E-state index contributed by atoms with van der Waals surface area (Å²) in [7, 11) is 0.148. The molecule has 138 valence electrons. The lowest BCUT2D eigenvalue weighted by Crippen LogP contribution is -2.43. The van der Waals surface area contributed by atoms with Gasteiger partial charge in [-0.15, -0.1) is 0 Å². The summed E-state index contributed by atoms with van der Waals surface area (Å²) < 4.78 is 8.45. The molecule has 0 radical (unpaired) electrons. The van der Waals surface area contributed by atoms with Gasteiger partial charge in [-0.25, -0.2) is 0 Å². The summed E-state index contributed by atoms with van der Waals surface area (Å²) in [6, 6.07) is 14.4. The zero-order valence-corrected chi connectivity index (χ0v) is 18.1. The Hall–Kier alpha value is -1.91. The first-order valence-electron chi connectivity index (χ1n) is 8.87. The lowest BCUT2D eigenvalue weighted by atomic mass is 10.2. The van der Waals surface area contributed by atoms with Crippen molar-refractivity contribution in [1.82, 2.24) is 4.57 Å². The first-order valence-corrected chi connectivity index (χ1v) is 12.2. The lowest BCUT2D eigenvalue weighted by molar-refractivity contribution is 0.492. The summed E-state index contributed by atoms with van der Waals surface area (Å²) in [5.74, 6) is 0.766. The number of anilines is 2. The fourth-order valence-electron chi connectivity index (χ4n) is 2.62.